The third-order valence-corrected chi connectivity index (χ3v) is 2.19. The zero-order chi connectivity index (χ0) is 13.2. The maximum Gasteiger partial charge on any atom is 0.318 e. The van der Waals surface area contributed by atoms with Crippen LogP contribution in [0.25, 0.3) is 0 Å². The molecule has 5 N–H and O–H groups in total. The molecule has 92 valence electrons. The van der Waals surface area contributed by atoms with Crippen molar-refractivity contribution < 1.29 is 35.1 Å². The summed E-state index contributed by atoms with van der Waals surface area (Å²) >= 11 is 0. The van der Waals surface area contributed by atoms with Crippen molar-refractivity contribution in [2.75, 3.05) is 0 Å². The van der Waals surface area contributed by atoms with E-state index in [4.69, 9.17) is 15.3 Å². The summed E-state index contributed by atoms with van der Waals surface area (Å²) in [6, 6.07) is 1.77. The minimum Gasteiger partial charge on any atom is -0.508 e. The molecule has 0 saturated heterocycles. The second kappa shape index (κ2) is 4.60. The van der Waals surface area contributed by atoms with Gasteiger partial charge in [-0.1, -0.05) is 0 Å². The van der Waals surface area contributed by atoms with Gasteiger partial charge in [0.25, 0.3) is 0 Å². The summed E-state index contributed by atoms with van der Waals surface area (Å²) in [5, 5.41) is 45.1. The largest absolute Gasteiger partial charge is 0.508 e. The molecule has 0 spiro atoms. The van der Waals surface area contributed by atoms with E-state index in [0.29, 0.717) is 0 Å². The maximum atomic E-state index is 10.6. The number of hydrogen-bond donors (Lipinski definition) is 5. The van der Waals surface area contributed by atoms with E-state index in [1.165, 1.54) is 0 Å². The molecule has 0 radical (unpaired) electrons. The van der Waals surface area contributed by atoms with Crippen LogP contribution in [0.4, 0.5) is 0 Å². The Labute approximate surface area is 95.2 Å². The highest BCUT2D eigenvalue weighted by Gasteiger charge is 2.28. The quantitative estimate of drug-likeness (QED) is 0.473. The molecule has 17 heavy (non-hydrogen) atoms. The fourth-order valence-electron chi connectivity index (χ4n) is 1.32. The van der Waals surface area contributed by atoms with Crippen LogP contribution >= 0.6 is 0 Å². The molecular weight excluding hydrogens is 232 g/mol. The Morgan fingerprint density at radius 1 is 1.00 bits per heavy atom. The first-order chi connectivity index (χ1) is 7.82. The number of aliphatic carboxylic acids is 2. The molecule has 1 aromatic rings. The van der Waals surface area contributed by atoms with Gasteiger partial charge in [0.15, 0.2) is 5.92 Å². The van der Waals surface area contributed by atoms with E-state index in [9.17, 15) is 19.8 Å². The average molecular weight is 242 g/mol. The van der Waals surface area contributed by atoms with Crippen molar-refractivity contribution in [2.45, 2.75) is 6.42 Å². The Morgan fingerprint density at radius 2 is 1.41 bits per heavy atom. The van der Waals surface area contributed by atoms with Crippen LogP contribution < -0.4 is 0 Å². The normalized spacial score (nSPS) is 10.4. The summed E-state index contributed by atoms with van der Waals surface area (Å²) in [5.41, 5.74) is -0.238. The molecule has 0 aliphatic rings. The third kappa shape index (κ3) is 2.77. The van der Waals surface area contributed by atoms with Gasteiger partial charge < -0.3 is 25.5 Å². The molecule has 0 heterocycles. The SMILES string of the molecule is O=C(O)C(Cc1c(O)cc(O)cc1O)C(=O)O. The highest BCUT2D eigenvalue weighted by atomic mass is 16.4. The molecular formula is C10H10O7. The van der Waals surface area contributed by atoms with Crippen molar-refractivity contribution in [2.24, 2.45) is 5.92 Å². The molecule has 7 nitrogen and oxygen atoms in total. The standard InChI is InChI=1S/C10H10O7/c11-4-1-7(12)5(8(13)2-4)3-6(9(14)15)10(16)17/h1-2,6,11-13H,3H2,(H,14,15)(H,16,17). The summed E-state index contributed by atoms with van der Waals surface area (Å²) in [6.07, 6.45) is -0.581. The summed E-state index contributed by atoms with van der Waals surface area (Å²) in [7, 11) is 0. The van der Waals surface area contributed by atoms with Crippen LogP contribution in [0.2, 0.25) is 0 Å². The second-order valence-corrected chi connectivity index (χ2v) is 3.40. The van der Waals surface area contributed by atoms with Crippen molar-refractivity contribution in [1.82, 2.24) is 0 Å². The van der Waals surface area contributed by atoms with Gasteiger partial charge in [-0.25, -0.2) is 0 Å². The Kier molecular flexibility index (Phi) is 3.42. The van der Waals surface area contributed by atoms with Crippen LogP contribution in [-0.4, -0.2) is 37.5 Å². The summed E-state index contributed by atoms with van der Waals surface area (Å²) in [5.74, 6) is -6.47. The van der Waals surface area contributed by atoms with Crippen molar-refractivity contribution in [3.63, 3.8) is 0 Å². The zero-order valence-electron chi connectivity index (χ0n) is 8.49. The topological polar surface area (TPSA) is 135 Å². The predicted octanol–water partition coefficient (Wildman–Crippen LogP) is 0.131. The number of aromatic hydroxyl groups is 3. The van der Waals surface area contributed by atoms with E-state index >= 15 is 0 Å². The highest BCUT2D eigenvalue weighted by molar-refractivity contribution is 5.93. The van der Waals surface area contributed by atoms with Gasteiger partial charge in [0.05, 0.1) is 0 Å². The summed E-state index contributed by atoms with van der Waals surface area (Å²) < 4.78 is 0. The Hall–Kier alpha value is -2.44. The number of hydrogen-bond acceptors (Lipinski definition) is 5. The lowest BCUT2D eigenvalue weighted by Crippen LogP contribution is -2.25. The molecule has 0 aliphatic heterocycles. The van der Waals surface area contributed by atoms with Gasteiger partial charge in [-0.2, -0.15) is 0 Å². The highest BCUT2D eigenvalue weighted by Crippen LogP contribution is 2.33. The maximum absolute atomic E-state index is 10.6. The lowest BCUT2D eigenvalue weighted by molar-refractivity contribution is -0.154. The van der Waals surface area contributed by atoms with Crippen molar-refractivity contribution in [1.29, 1.82) is 0 Å². The predicted molar refractivity (Wildman–Crippen MR) is 53.9 cm³/mol. The smallest absolute Gasteiger partial charge is 0.318 e. The Balaban J connectivity index is 3.10. The van der Waals surface area contributed by atoms with Crippen molar-refractivity contribution in [3.05, 3.63) is 17.7 Å². The molecule has 0 fully saturated rings. The average Bonchev–Trinajstić information content (AvgIpc) is 2.14. The number of carboxylic acid groups (broad SMARTS) is 2. The molecule has 1 rings (SSSR count). The van der Waals surface area contributed by atoms with E-state index in [0.717, 1.165) is 12.1 Å². The minimum absolute atomic E-state index is 0.238. The fourth-order valence-corrected chi connectivity index (χ4v) is 1.32. The van der Waals surface area contributed by atoms with Crippen LogP contribution in [0, 0.1) is 5.92 Å². The molecule has 0 aliphatic carbocycles. The van der Waals surface area contributed by atoms with E-state index < -0.39 is 41.5 Å². The number of carboxylic acids is 2. The van der Waals surface area contributed by atoms with E-state index in [-0.39, 0.29) is 5.56 Å². The van der Waals surface area contributed by atoms with E-state index in [2.05, 4.69) is 0 Å². The first-order valence-corrected chi connectivity index (χ1v) is 4.52. The summed E-state index contributed by atoms with van der Waals surface area (Å²) in [4.78, 5) is 21.3. The van der Waals surface area contributed by atoms with E-state index in [1.54, 1.807) is 0 Å². The lowest BCUT2D eigenvalue weighted by Gasteiger charge is -2.11. The number of carbonyl (C=O) groups is 2. The Bertz CT molecular complexity index is 429. The van der Waals surface area contributed by atoms with Gasteiger partial charge in [-0.05, 0) is 0 Å². The van der Waals surface area contributed by atoms with Gasteiger partial charge in [-0.3, -0.25) is 9.59 Å². The van der Waals surface area contributed by atoms with Gasteiger partial charge in [0, 0.05) is 24.1 Å². The van der Waals surface area contributed by atoms with E-state index in [1.807, 2.05) is 0 Å². The van der Waals surface area contributed by atoms with Crippen molar-refractivity contribution in [3.8, 4) is 17.2 Å². The minimum atomic E-state index is -1.78. The monoisotopic (exact) mass is 242 g/mol. The molecule has 1 aromatic carbocycles. The summed E-state index contributed by atoms with van der Waals surface area (Å²) in [6.45, 7) is 0. The molecule has 0 amide bonds. The van der Waals surface area contributed by atoms with Crippen LogP contribution in [0.5, 0.6) is 17.2 Å². The van der Waals surface area contributed by atoms with Crippen molar-refractivity contribution >= 4 is 11.9 Å². The molecule has 0 unspecified atom stereocenters. The zero-order valence-corrected chi connectivity index (χ0v) is 8.49. The van der Waals surface area contributed by atoms with Gasteiger partial charge in [0.1, 0.15) is 17.2 Å². The van der Waals surface area contributed by atoms with Gasteiger partial charge >= 0.3 is 11.9 Å². The second-order valence-electron chi connectivity index (χ2n) is 3.40. The molecule has 0 aromatic heterocycles. The van der Waals surface area contributed by atoms with Crippen LogP contribution in [0.3, 0.4) is 0 Å². The molecule has 0 bridgehead atoms. The molecule has 0 saturated carbocycles. The lowest BCUT2D eigenvalue weighted by atomic mass is 9.98. The first-order valence-electron chi connectivity index (χ1n) is 4.52. The van der Waals surface area contributed by atoms with Crippen LogP contribution in [0.15, 0.2) is 12.1 Å². The van der Waals surface area contributed by atoms with Crippen LogP contribution in [0.1, 0.15) is 5.56 Å². The third-order valence-electron chi connectivity index (χ3n) is 2.19. The fraction of sp³-hybridized carbons (Fsp3) is 0.200. The number of rotatable bonds is 4. The van der Waals surface area contributed by atoms with Crippen LogP contribution in [-0.2, 0) is 16.0 Å². The van der Waals surface area contributed by atoms with Gasteiger partial charge in [-0.15, -0.1) is 0 Å². The van der Waals surface area contributed by atoms with Gasteiger partial charge in [0.2, 0.25) is 0 Å². The number of phenolic OH excluding ortho intramolecular Hbond substituents is 3. The Morgan fingerprint density at radius 3 is 1.76 bits per heavy atom. The number of phenols is 3. The number of benzene rings is 1. The first kappa shape index (κ1) is 12.6. The molecule has 7 heteroatoms. The molecule has 0 atom stereocenters.